The zero-order chi connectivity index (χ0) is 19.5. The fraction of sp³-hybridized carbons (Fsp3) is 0.350. The summed E-state index contributed by atoms with van der Waals surface area (Å²) in [5.41, 5.74) is 1.76. The molecule has 2 aromatic heterocycles. The summed E-state index contributed by atoms with van der Waals surface area (Å²) in [7, 11) is 1.65. The molecular weight excluding hydrogens is 378 g/mol. The summed E-state index contributed by atoms with van der Waals surface area (Å²) in [6.07, 6.45) is 3.11. The van der Waals surface area contributed by atoms with Crippen molar-refractivity contribution in [3.05, 3.63) is 53.2 Å². The van der Waals surface area contributed by atoms with E-state index in [0.717, 1.165) is 30.4 Å². The summed E-state index contributed by atoms with van der Waals surface area (Å²) in [6.45, 7) is 2.79. The van der Waals surface area contributed by atoms with Crippen LogP contribution >= 0.6 is 11.6 Å². The molecule has 4 rings (SSSR count). The molecule has 0 bridgehead atoms. The van der Waals surface area contributed by atoms with Crippen LogP contribution in [0.1, 0.15) is 12.0 Å². The topological polar surface area (TPSA) is 63.0 Å². The molecule has 28 heavy (non-hydrogen) atoms. The highest BCUT2D eigenvalue weighted by Crippen LogP contribution is 2.21. The normalized spacial score (nSPS) is 14.5. The lowest BCUT2D eigenvalue weighted by Gasteiger charge is -2.34. The van der Waals surface area contributed by atoms with E-state index >= 15 is 0 Å². The number of nitrogens with zero attached hydrogens (tertiary/aromatic N) is 5. The Bertz CT molecular complexity index is 982. The molecule has 1 aromatic carbocycles. The summed E-state index contributed by atoms with van der Waals surface area (Å²) >= 11 is 6.18. The van der Waals surface area contributed by atoms with Gasteiger partial charge in [0, 0.05) is 38.8 Å². The number of benzene rings is 1. The van der Waals surface area contributed by atoms with Crippen molar-refractivity contribution in [1.29, 1.82) is 0 Å². The smallest absolute Gasteiger partial charge is 0.231 e. The second kappa shape index (κ2) is 8.06. The maximum Gasteiger partial charge on any atom is 0.231 e. The molecule has 0 atom stereocenters. The number of methoxy groups -OCH3 is 1. The second-order valence-electron chi connectivity index (χ2n) is 6.77. The molecule has 0 unspecified atom stereocenters. The van der Waals surface area contributed by atoms with Crippen LogP contribution < -0.4 is 9.64 Å². The highest BCUT2D eigenvalue weighted by atomic mass is 35.5. The number of anilines is 1. The molecule has 0 radical (unpaired) electrons. The molecule has 1 fully saturated rings. The van der Waals surface area contributed by atoms with Gasteiger partial charge in [0.05, 0.1) is 12.1 Å². The van der Waals surface area contributed by atoms with Gasteiger partial charge in [-0.3, -0.25) is 9.20 Å². The Morgan fingerprint density at radius 2 is 1.96 bits per heavy atom. The standard InChI is InChI=1S/C20H22ClN5O2/c1-28-16-5-2-4-15(14-16)7-8-18(27)24-10-12-25(13-11-24)20-23-22-19-17(21)6-3-9-26(19)20/h2-6,9,14H,7-8,10-13H2,1H3. The van der Waals surface area contributed by atoms with Crippen molar-refractivity contribution < 1.29 is 9.53 Å². The monoisotopic (exact) mass is 399 g/mol. The fourth-order valence-electron chi connectivity index (χ4n) is 3.48. The number of aromatic nitrogens is 3. The number of rotatable bonds is 5. The molecule has 3 heterocycles. The first-order valence-electron chi connectivity index (χ1n) is 9.30. The summed E-state index contributed by atoms with van der Waals surface area (Å²) in [5.74, 6) is 1.76. The highest BCUT2D eigenvalue weighted by Gasteiger charge is 2.24. The number of ether oxygens (including phenoxy) is 1. The van der Waals surface area contributed by atoms with Crippen LogP contribution in [0.4, 0.5) is 5.95 Å². The molecule has 8 heteroatoms. The number of carbonyl (C=O) groups is 1. The molecule has 1 aliphatic rings. The van der Waals surface area contributed by atoms with Crippen LogP contribution in [0.25, 0.3) is 5.65 Å². The van der Waals surface area contributed by atoms with Crippen molar-refractivity contribution in [1.82, 2.24) is 19.5 Å². The van der Waals surface area contributed by atoms with E-state index in [1.165, 1.54) is 0 Å². The Morgan fingerprint density at radius 1 is 1.14 bits per heavy atom. The number of halogens is 1. The number of pyridine rings is 1. The molecule has 7 nitrogen and oxygen atoms in total. The first-order chi connectivity index (χ1) is 13.7. The van der Waals surface area contributed by atoms with E-state index in [2.05, 4.69) is 15.1 Å². The number of carbonyl (C=O) groups excluding carboxylic acids is 1. The van der Waals surface area contributed by atoms with Crippen molar-refractivity contribution in [2.75, 3.05) is 38.2 Å². The van der Waals surface area contributed by atoms with E-state index in [-0.39, 0.29) is 5.91 Å². The van der Waals surface area contributed by atoms with Gasteiger partial charge < -0.3 is 14.5 Å². The zero-order valence-electron chi connectivity index (χ0n) is 15.7. The Balaban J connectivity index is 1.34. The first kappa shape index (κ1) is 18.6. The van der Waals surface area contributed by atoms with Crippen molar-refractivity contribution in [3.8, 4) is 5.75 Å². The van der Waals surface area contributed by atoms with Gasteiger partial charge in [0.2, 0.25) is 11.9 Å². The number of piperazine rings is 1. The van der Waals surface area contributed by atoms with Gasteiger partial charge in [0.1, 0.15) is 5.75 Å². The minimum absolute atomic E-state index is 0.177. The number of aryl methyl sites for hydroxylation is 1. The molecule has 0 N–H and O–H groups in total. The van der Waals surface area contributed by atoms with E-state index in [1.807, 2.05) is 45.8 Å². The third-order valence-electron chi connectivity index (χ3n) is 5.05. The molecule has 0 aliphatic carbocycles. The predicted molar refractivity (Wildman–Crippen MR) is 108 cm³/mol. The minimum atomic E-state index is 0.177. The van der Waals surface area contributed by atoms with E-state index in [4.69, 9.17) is 16.3 Å². The highest BCUT2D eigenvalue weighted by molar-refractivity contribution is 6.33. The van der Waals surface area contributed by atoms with Crippen molar-refractivity contribution in [3.63, 3.8) is 0 Å². The van der Waals surface area contributed by atoms with E-state index in [9.17, 15) is 4.79 Å². The van der Waals surface area contributed by atoms with Crippen molar-refractivity contribution in [2.45, 2.75) is 12.8 Å². The van der Waals surface area contributed by atoms with E-state index in [1.54, 1.807) is 13.2 Å². The van der Waals surface area contributed by atoms with Gasteiger partial charge in [-0.1, -0.05) is 23.7 Å². The molecular formula is C20H22ClN5O2. The predicted octanol–water partition coefficient (Wildman–Crippen LogP) is 2.67. The lowest BCUT2D eigenvalue weighted by molar-refractivity contribution is -0.131. The van der Waals surface area contributed by atoms with Gasteiger partial charge in [-0.15, -0.1) is 10.2 Å². The third kappa shape index (κ3) is 3.75. The lowest BCUT2D eigenvalue weighted by atomic mass is 10.1. The van der Waals surface area contributed by atoms with Crippen molar-refractivity contribution in [2.24, 2.45) is 0 Å². The molecule has 1 saturated heterocycles. The fourth-order valence-corrected chi connectivity index (χ4v) is 3.68. The summed E-state index contributed by atoms with van der Waals surface area (Å²) in [5, 5.41) is 9.03. The van der Waals surface area contributed by atoms with Crippen LogP contribution in [0.15, 0.2) is 42.6 Å². The average Bonchev–Trinajstić information content (AvgIpc) is 3.18. The Morgan fingerprint density at radius 3 is 2.75 bits per heavy atom. The Hall–Kier alpha value is -2.80. The van der Waals surface area contributed by atoms with E-state index in [0.29, 0.717) is 36.6 Å². The Labute approximate surface area is 168 Å². The largest absolute Gasteiger partial charge is 0.497 e. The zero-order valence-corrected chi connectivity index (χ0v) is 16.5. The van der Waals surface area contributed by atoms with Gasteiger partial charge >= 0.3 is 0 Å². The SMILES string of the molecule is COc1cccc(CCC(=O)N2CCN(c3nnc4c(Cl)cccn34)CC2)c1. The van der Waals surface area contributed by atoms with E-state index < -0.39 is 0 Å². The van der Waals surface area contributed by atoms with Crippen LogP contribution in [0.2, 0.25) is 5.02 Å². The van der Waals surface area contributed by atoms with Crippen LogP contribution in [-0.2, 0) is 11.2 Å². The molecule has 0 saturated carbocycles. The average molecular weight is 400 g/mol. The van der Waals surface area contributed by atoms with Gasteiger partial charge in [-0.05, 0) is 36.2 Å². The van der Waals surface area contributed by atoms with Gasteiger partial charge in [0.15, 0.2) is 5.65 Å². The maximum atomic E-state index is 12.6. The minimum Gasteiger partial charge on any atom is -0.497 e. The number of hydrogen-bond acceptors (Lipinski definition) is 5. The van der Waals surface area contributed by atoms with Crippen LogP contribution in [0.5, 0.6) is 5.75 Å². The van der Waals surface area contributed by atoms with Gasteiger partial charge in [0.25, 0.3) is 0 Å². The molecule has 146 valence electrons. The first-order valence-corrected chi connectivity index (χ1v) is 9.68. The summed E-state index contributed by atoms with van der Waals surface area (Å²) in [4.78, 5) is 16.7. The van der Waals surface area contributed by atoms with Crippen LogP contribution in [-0.4, -0.2) is 58.7 Å². The van der Waals surface area contributed by atoms with Crippen LogP contribution in [0.3, 0.4) is 0 Å². The van der Waals surface area contributed by atoms with Gasteiger partial charge in [-0.25, -0.2) is 0 Å². The summed E-state index contributed by atoms with van der Waals surface area (Å²) in [6, 6.07) is 11.5. The third-order valence-corrected chi connectivity index (χ3v) is 5.34. The van der Waals surface area contributed by atoms with Crippen molar-refractivity contribution >= 4 is 29.1 Å². The molecule has 1 aliphatic heterocycles. The second-order valence-corrected chi connectivity index (χ2v) is 7.18. The van der Waals surface area contributed by atoms with Crippen LogP contribution in [0, 0.1) is 0 Å². The molecule has 3 aromatic rings. The molecule has 0 spiro atoms. The number of fused-ring (bicyclic) bond motifs is 1. The quantitative estimate of drug-likeness (QED) is 0.660. The Kier molecular flexibility index (Phi) is 5.34. The number of hydrogen-bond donors (Lipinski definition) is 0. The van der Waals surface area contributed by atoms with Gasteiger partial charge in [-0.2, -0.15) is 0 Å². The summed E-state index contributed by atoms with van der Waals surface area (Å²) < 4.78 is 7.13. The molecule has 1 amide bonds. The lowest BCUT2D eigenvalue weighted by Crippen LogP contribution is -2.49. The number of amides is 1. The maximum absolute atomic E-state index is 12.6.